The number of carbonyl (C=O) groups is 3. The van der Waals surface area contributed by atoms with E-state index in [0.717, 1.165) is 24.1 Å². The molecule has 0 bridgehead atoms. The number of hydrogen-bond donors (Lipinski definition) is 1. The van der Waals surface area contributed by atoms with E-state index in [9.17, 15) is 14.4 Å². The van der Waals surface area contributed by atoms with Crippen LogP contribution in [0.2, 0.25) is 0 Å². The number of nitrogens with zero attached hydrogens (tertiary/aromatic N) is 5. The molecule has 1 unspecified atom stereocenters. The predicted octanol–water partition coefficient (Wildman–Crippen LogP) is 2.43. The molecule has 164 valence electrons. The quantitative estimate of drug-likeness (QED) is 0.688. The van der Waals surface area contributed by atoms with E-state index in [2.05, 4.69) is 15.4 Å². The van der Waals surface area contributed by atoms with Gasteiger partial charge in [0.25, 0.3) is 5.91 Å². The number of nitrogens with one attached hydrogen (secondary N) is 1. The van der Waals surface area contributed by atoms with Gasteiger partial charge in [0, 0.05) is 20.0 Å². The van der Waals surface area contributed by atoms with Crippen molar-refractivity contribution in [1.82, 2.24) is 29.9 Å². The number of amides is 4. The molecule has 1 spiro atoms. The first kappa shape index (κ1) is 21.0. The van der Waals surface area contributed by atoms with Gasteiger partial charge in [0.05, 0.1) is 11.7 Å². The van der Waals surface area contributed by atoms with Gasteiger partial charge in [0.15, 0.2) is 0 Å². The van der Waals surface area contributed by atoms with Crippen molar-refractivity contribution in [3.05, 3.63) is 42.5 Å². The summed E-state index contributed by atoms with van der Waals surface area (Å²) in [5.41, 5.74) is 1.22. The monoisotopic (exact) mass is 424 g/mol. The van der Waals surface area contributed by atoms with Gasteiger partial charge in [-0.25, -0.2) is 14.5 Å². The third-order valence-electron chi connectivity index (χ3n) is 6.51. The lowest BCUT2D eigenvalue weighted by Crippen LogP contribution is -2.44. The second kappa shape index (κ2) is 8.49. The third kappa shape index (κ3) is 4.04. The fraction of sp³-hybridized carbons (Fsp3) is 0.500. The molecule has 2 fully saturated rings. The highest BCUT2D eigenvalue weighted by Gasteiger charge is 2.52. The van der Waals surface area contributed by atoms with Crippen LogP contribution in [0.25, 0.3) is 5.69 Å². The molecule has 1 saturated heterocycles. The largest absolute Gasteiger partial charge is 0.339 e. The van der Waals surface area contributed by atoms with Crippen molar-refractivity contribution in [2.75, 3.05) is 13.6 Å². The summed E-state index contributed by atoms with van der Waals surface area (Å²) < 4.78 is 1.68. The molecule has 1 aliphatic carbocycles. The Bertz CT molecular complexity index is 950. The van der Waals surface area contributed by atoms with Crippen LogP contribution in [0.3, 0.4) is 0 Å². The van der Waals surface area contributed by atoms with Crippen molar-refractivity contribution >= 4 is 17.8 Å². The smallest absolute Gasteiger partial charge is 0.325 e. The van der Waals surface area contributed by atoms with Crippen LogP contribution in [-0.2, 0) is 9.59 Å². The molecule has 9 heteroatoms. The van der Waals surface area contributed by atoms with Crippen molar-refractivity contribution < 1.29 is 14.4 Å². The lowest BCUT2D eigenvalue weighted by Gasteiger charge is -2.26. The normalized spacial score (nSPS) is 18.5. The highest BCUT2D eigenvalue weighted by molar-refractivity contribution is 6.07. The standard InChI is InChI=1S/C22H28N6O3/c1-16(17-7-9-18(10-8-17)28-15-23-14-24-28)26(2)19(29)6-5-13-27-20(30)22(25-21(27)31)11-3-4-12-22/h7-10,14-16H,3-6,11-13H2,1-2H3,(H,25,31). The Morgan fingerprint density at radius 3 is 2.58 bits per heavy atom. The minimum absolute atomic E-state index is 0.0181. The summed E-state index contributed by atoms with van der Waals surface area (Å²) in [6.45, 7) is 2.25. The van der Waals surface area contributed by atoms with Crippen molar-refractivity contribution in [3.8, 4) is 5.69 Å². The summed E-state index contributed by atoms with van der Waals surface area (Å²) >= 11 is 0. The topological polar surface area (TPSA) is 100 Å². The number of urea groups is 1. The third-order valence-corrected chi connectivity index (χ3v) is 6.51. The van der Waals surface area contributed by atoms with Gasteiger partial charge in [-0.1, -0.05) is 25.0 Å². The summed E-state index contributed by atoms with van der Waals surface area (Å²) in [5, 5.41) is 6.99. The Balaban J connectivity index is 1.29. The molecule has 1 aromatic heterocycles. The van der Waals surface area contributed by atoms with Crippen molar-refractivity contribution in [2.24, 2.45) is 0 Å². The van der Waals surface area contributed by atoms with Crippen LogP contribution in [0.5, 0.6) is 0 Å². The van der Waals surface area contributed by atoms with E-state index in [-0.39, 0.29) is 36.9 Å². The molecule has 4 rings (SSSR count). The molecule has 1 saturated carbocycles. The maximum Gasteiger partial charge on any atom is 0.325 e. The van der Waals surface area contributed by atoms with Gasteiger partial charge in [-0.2, -0.15) is 5.10 Å². The Morgan fingerprint density at radius 2 is 1.94 bits per heavy atom. The molecule has 4 amide bonds. The van der Waals surface area contributed by atoms with Gasteiger partial charge < -0.3 is 10.2 Å². The zero-order valence-corrected chi connectivity index (χ0v) is 18.0. The van der Waals surface area contributed by atoms with Gasteiger partial charge in [-0.3, -0.25) is 14.5 Å². The molecule has 9 nitrogen and oxygen atoms in total. The summed E-state index contributed by atoms with van der Waals surface area (Å²) in [6, 6.07) is 7.40. The average molecular weight is 425 g/mol. The Hall–Kier alpha value is -3.23. The van der Waals surface area contributed by atoms with E-state index < -0.39 is 5.54 Å². The number of carbonyl (C=O) groups excluding carboxylic acids is 3. The lowest BCUT2D eigenvalue weighted by atomic mass is 9.98. The number of imide groups is 1. The van der Waals surface area contributed by atoms with E-state index in [1.807, 2.05) is 31.2 Å². The molecule has 1 aliphatic heterocycles. The van der Waals surface area contributed by atoms with E-state index in [4.69, 9.17) is 0 Å². The van der Waals surface area contributed by atoms with E-state index in [1.165, 1.54) is 11.2 Å². The molecule has 31 heavy (non-hydrogen) atoms. The minimum Gasteiger partial charge on any atom is -0.339 e. The summed E-state index contributed by atoms with van der Waals surface area (Å²) in [6.07, 6.45) is 7.19. The maximum atomic E-state index is 12.7. The number of hydrogen-bond acceptors (Lipinski definition) is 5. The van der Waals surface area contributed by atoms with Crippen LogP contribution >= 0.6 is 0 Å². The first-order valence-electron chi connectivity index (χ1n) is 10.8. The molecule has 2 aliphatic rings. The first-order valence-corrected chi connectivity index (χ1v) is 10.8. The highest BCUT2D eigenvalue weighted by Crippen LogP contribution is 2.35. The average Bonchev–Trinajstić information content (AvgIpc) is 3.52. The van der Waals surface area contributed by atoms with Gasteiger partial charge >= 0.3 is 6.03 Å². The molecule has 2 aromatic rings. The Labute approximate surface area is 181 Å². The van der Waals surface area contributed by atoms with Crippen molar-refractivity contribution in [2.45, 2.75) is 57.0 Å². The Morgan fingerprint density at radius 1 is 1.23 bits per heavy atom. The molecule has 1 atom stereocenters. The fourth-order valence-corrected chi connectivity index (χ4v) is 4.45. The van der Waals surface area contributed by atoms with Gasteiger partial charge in [-0.05, 0) is 43.9 Å². The first-order chi connectivity index (χ1) is 14.9. The van der Waals surface area contributed by atoms with Gasteiger partial charge in [0.2, 0.25) is 5.91 Å². The Kier molecular flexibility index (Phi) is 5.75. The van der Waals surface area contributed by atoms with Crippen molar-refractivity contribution in [3.63, 3.8) is 0 Å². The van der Waals surface area contributed by atoms with Crippen LogP contribution < -0.4 is 5.32 Å². The lowest BCUT2D eigenvalue weighted by molar-refractivity contribution is -0.133. The van der Waals surface area contributed by atoms with Crippen LogP contribution in [0.4, 0.5) is 4.79 Å². The second-order valence-corrected chi connectivity index (χ2v) is 8.39. The van der Waals surface area contributed by atoms with Gasteiger partial charge in [-0.15, -0.1) is 0 Å². The van der Waals surface area contributed by atoms with E-state index >= 15 is 0 Å². The van der Waals surface area contributed by atoms with E-state index in [1.54, 1.807) is 23.0 Å². The summed E-state index contributed by atoms with van der Waals surface area (Å²) in [4.78, 5) is 44.6. The summed E-state index contributed by atoms with van der Waals surface area (Å²) in [7, 11) is 1.78. The molecule has 1 aromatic carbocycles. The zero-order chi connectivity index (χ0) is 22.0. The van der Waals surface area contributed by atoms with Crippen LogP contribution in [-0.4, -0.2) is 61.5 Å². The number of rotatable bonds is 7. The molecule has 0 radical (unpaired) electrons. The number of benzene rings is 1. The molecular formula is C22H28N6O3. The molecule has 2 heterocycles. The minimum atomic E-state index is -0.690. The van der Waals surface area contributed by atoms with Crippen molar-refractivity contribution in [1.29, 1.82) is 0 Å². The van der Waals surface area contributed by atoms with E-state index in [0.29, 0.717) is 19.3 Å². The highest BCUT2D eigenvalue weighted by atomic mass is 16.2. The fourth-order valence-electron chi connectivity index (χ4n) is 4.45. The number of aromatic nitrogens is 3. The van der Waals surface area contributed by atoms with Crippen LogP contribution in [0.15, 0.2) is 36.9 Å². The maximum absolute atomic E-state index is 12.7. The second-order valence-electron chi connectivity index (χ2n) is 8.39. The summed E-state index contributed by atoms with van der Waals surface area (Å²) in [5.74, 6) is -0.146. The predicted molar refractivity (Wildman–Crippen MR) is 113 cm³/mol. The molecular weight excluding hydrogens is 396 g/mol. The molecule has 1 N–H and O–H groups in total. The van der Waals surface area contributed by atoms with Crippen LogP contribution in [0.1, 0.15) is 57.1 Å². The zero-order valence-electron chi connectivity index (χ0n) is 18.0. The van der Waals surface area contributed by atoms with Crippen LogP contribution in [0, 0.1) is 0 Å². The van der Waals surface area contributed by atoms with Gasteiger partial charge in [0.1, 0.15) is 18.2 Å². The SMILES string of the molecule is CC(c1ccc(-n2cncn2)cc1)N(C)C(=O)CCCN1C(=O)NC2(CCCC2)C1=O.